The number of rotatable bonds is 4. The summed E-state index contributed by atoms with van der Waals surface area (Å²) < 4.78 is 23.9. The second kappa shape index (κ2) is 7.42. The van der Waals surface area contributed by atoms with Crippen LogP contribution >= 0.6 is 0 Å². The maximum Gasteiger partial charge on any atom is 0.144 e. The summed E-state index contributed by atoms with van der Waals surface area (Å²) in [5, 5.41) is 1.76. The lowest BCUT2D eigenvalue weighted by atomic mass is 9.93. The monoisotopic (exact) mass is 394 g/mol. The van der Waals surface area contributed by atoms with Crippen LogP contribution in [0.25, 0.3) is 33.2 Å². The fourth-order valence-corrected chi connectivity index (χ4v) is 3.94. The molecule has 30 heavy (non-hydrogen) atoms. The van der Waals surface area contributed by atoms with E-state index in [-0.39, 0.29) is 0 Å². The zero-order valence-corrected chi connectivity index (χ0v) is 17.3. The van der Waals surface area contributed by atoms with Crippen LogP contribution < -0.4 is 0 Å². The number of benzene rings is 2. The van der Waals surface area contributed by atoms with Crippen molar-refractivity contribution >= 4 is 21.9 Å². The molecule has 0 fully saturated rings. The van der Waals surface area contributed by atoms with Gasteiger partial charge >= 0.3 is 0 Å². The van der Waals surface area contributed by atoms with E-state index in [0.29, 0.717) is 16.9 Å². The SMILES string of the molecule is [2H]C(C)(C)c1ccnc(-c2cccc3c2oc2ccnc(C([2H])(C)c4ccccc4)c23)c1. The van der Waals surface area contributed by atoms with Gasteiger partial charge in [0, 0.05) is 32.0 Å². The van der Waals surface area contributed by atoms with Crippen LogP contribution in [0.4, 0.5) is 0 Å². The number of aromatic nitrogens is 2. The zero-order chi connectivity index (χ0) is 22.5. The summed E-state index contributed by atoms with van der Waals surface area (Å²) in [5.74, 6) is -1.76. The van der Waals surface area contributed by atoms with E-state index in [1.165, 1.54) is 0 Å². The molecule has 0 bridgehead atoms. The van der Waals surface area contributed by atoms with E-state index in [2.05, 4.69) is 9.97 Å². The summed E-state index contributed by atoms with van der Waals surface area (Å²) in [5.41, 5.74) is 5.46. The first-order valence-corrected chi connectivity index (χ1v) is 10.1. The maximum absolute atomic E-state index is 9.18. The molecule has 0 saturated carbocycles. The zero-order valence-electron chi connectivity index (χ0n) is 19.3. The average molecular weight is 395 g/mol. The third-order valence-electron chi connectivity index (χ3n) is 5.58. The highest BCUT2D eigenvalue weighted by Crippen LogP contribution is 2.39. The van der Waals surface area contributed by atoms with E-state index in [1.807, 2.05) is 87.5 Å². The lowest BCUT2D eigenvalue weighted by Crippen LogP contribution is -1.99. The predicted molar refractivity (Wildman–Crippen MR) is 123 cm³/mol. The molecule has 0 amide bonds. The summed E-state index contributed by atoms with van der Waals surface area (Å²) in [6.45, 7) is 5.60. The molecule has 0 aliphatic heterocycles. The quantitative estimate of drug-likeness (QED) is 0.320. The molecule has 1 atom stereocenters. The molecular formula is C27H24N2O. The Balaban J connectivity index is 1.76. The number of fused-ring (bicyclic) bond motifs is 3. The van der Waals surface area contributed by atoms with E-state index in [1.54, 1.807) is 12.4 Å². The van der Waals surface area contributed by atoms with Gasteiger partial charge in [-0.25, -0.2) is 0 Å². The van der Waals surface area contributed by atoms with Crippen molar-refractivity contribution in [2.24, 2.45) is 0 Å². The van der Waals surface area contributed by atoms with Crippen LogP contribution in [-0.2, 0) is 0 Å². The van der Waals surface area contributed by atoms with Crippen LogP contribution in [0.3, 0.4) is 0 Å². The van der Waals surface area contributed by atoms with E-state index >= 15 is 0 Å². The Morgan fingerprint density at radius 3 is 2.43 bits per heavy atom. The Morgan fingerprint density at radius 2 is 1.63 bits per heavy atom. The normalized spacial score (nSPS) is 15.0. The van der Waals surface area contributed by atoms with E-state index in [4.69, 9.17) is 5.79 Å². The number of pyridine rings is 2. The van der Waals surface area contributed by atoms with Crippen molar-refractivity contribution in [3.05, 3.63) is 95.9 Å². The van der Waals surface area contributed by atoms with Crippen LogP contribution in [0.15, 0.2) is 83.5 Å². The molecule has 0 aliphatic rings. The fourth-order valence-electron chi connectivity index (χ4n) is 3.94. The van der Waals surface area contributed by atoms with Gasteiger partial charge < -0.3 is 4.42 Å². The minimum atomic E-state index is -1.04. The summed E-state index contributed by atoms with van der Waals surface area (Å²) in [7, 11) is 0. The minimum Gasteiger partial charge on any atom is -0.455 e. The number of hydrogen-bond acceptors (Lipinski definition) is 3. The third-order valence-corrected chi connectivity index (χ3v) is 5.58. The van der Waals surface area contributed by atoms with Gasteiger partial charge in [-0.05, 0) is 41.3 Å². The predicted octanol–water partition coefficient (Wildman–Crippen LogP) is 7.32. The molecule has 0 saturated heterocycles. The van der Waals surface area contributed by atoms with Crippen molar-refractivity contribution in [2.45, 2.75) is 32.6 Å². The van der Waals surface area contributed by atoms with Crippen LogP contribution in [-0.4, -0.2) is 9.97 Å². The Morgan fingerprint density at radius 1 is 0.833 bits per heavy atom. The number of nitrogens with zero attached hydrogens (tertiary/aromatic N) is 2. The van der Waals surface area contributed by atoms with Crippen molar-refractivity contribution in [3.8, 4) is 11.3 Å². The molecule has 0 N–H and O–H groups in total. The Labute approximate surface area is 179 Å². The second-order valence-electron chi connectivity index (χ2n) is 7.74. The van der Waals surface area contributed by atoms with Crippen molar-refractivity contribution in [1.29, 1.82) is 0 Å². The van der Waals surface area contributed by atoms with Gasteiger partial charge in [-0.1, -0.05) is 63.2 Å². The summed E-state index contributed by atoms with van der Waals surface area (Å²) in [6.07, 6.45) is 3.45. The molecule has 0 aliphatic carbocycles. The molecule has 3 aromatic heterocycles. The largest absolute Gasteiger partial charge is 0.455 e. The van der Waals surface area contributed by atoms with Crippen LogP contribution in [0, 0.1) is 0 Å². The van der Waals surface area contributed by atoms with Crippen LogP contribution in [0.2, 0.25) is 0 Å². The number of furan rings is 1. The van der Waals surface area contributed by atoms with Crippen LogP contribution in [0.5, 0.6) is 0 Å². The first-order valence-electron chi connectivity index (χ1n) is 11.1. The molecule has 3 heterocycles. The molecule has 1 unspecified atom stereocenters. The van der Waals surface area contributed by atoms with Crippen molar-refractivity contribution in [1.82, 2.24) is 9.97 Å². The maximum atomic E-state index is 9.18. The smallest absolute Gasteiger partial charge is 0.144 e. The van der Waals surface area contributed by atoms with Crippen molar-refractivity contribution in [2.75, 3.05) is 0 Å². The summed E-state index contributed by atoms with van der Waals surface area (Å²) >= 11 is 0. The van der Waals surface area contributed by atoms with Crippen molar-refractivity contribution < 1.29 is 7.16 Å². The molecule has 3 nitrogen and oxygen atoms in total. The third kappa shape index (κ3) is 3.07. The summed E-state index contributed by atoms with van der Waals surface area (Å²) in [6, 6.07) is 21.4. The van der Waals surface area contributed by atoms with Gasteiger partial charge in [0.1, 0.15) is 11.2 Å². The van der Waals surface area contributed by atoms with Gasteiger partial charge in [0.15, 0.2) is 0 Å². The van der Waals surface area contributed by atoms with Gasteiger partial charge in [-0.15, -0.1) is 0 Å². The van der Waals surface area contributed by atoms with Gasteiger partial charge in [-0.2, -0.15) is 0 Å². The van der Waals surface area contributed by atoms with E-state index < -0.39 is 11.8 Å². The van der Waals surface area contributed by atoms with E-state index in [9.17, 15) is 1.37 Å². The molecular weight excluding hydrogens is 368 g/mol. The molecule has 2 aromatic carbocycles. The molecule has 0 spiro atoms. The molecule has 5 rings (SSSR count). The van der Waals surface area contributed by atoms with Gasteiger partial charge in [-0.3, -0.25) is 9.97 Å². The van der Waals surface area contributed by atoms with Crippen molar-refractivity contribution in [3.63, 3.8) is 0 Å². The topological polar surface area (TPSA) is 38.9 Å². The minimum absolute atomic E-state index is 0.658. The lowest BCUT2D eigenvalue weighted by molar-refractivity contribution is 0.668. The average Bonchev–Trinajstić information content (AvgIpc) is 3.18. The Hall–Kier alpha value is -3.46. The highest BCUT2D eigenvalue weighted by atomic mass is 16.3. The highest BCUT2D eigenvalue weighted by Gasteiger charge is 2.20. The first-order chi connectivity index (χ1) is 15.3. The van der Waals surface area contributed by atoms with Gasteiger partial charge in [0.2, 0.25) is 0 Å². The van der Waals surface area contributed by atoms with Gasteiger partial charge in [0.05, 0.1) is 16.8 Å². The second-order valence-corrected chi connectivity index (χ2v) is 7.74. The molecule has 3 heteroatoms. The lowest BCUT2D eigenvalue weighted by Gasteiger charge is -2.12. The molecule has 148 valence electrons. The van der Waals surface area contributed by atoms with E-state index in [0.717, 1.165) is 33.2 Å². The van der Waals surface area contributed by atoms with Crippen LogP contribution in [0.1, 0.15) is 52.1 Å². The first kappa shape index (κ1) is 16.3. The Kier molecular flexibility index (Phi) is 4.04. The fraction of sp³-hybridized carbons (Fsp3) is 0.185. The molecule has 5 aromatic rings. The standard InChI is InChI=1S/C27H24N2O/c1-17(2)20-12-14-28-23(16-20)21-10-7-11-22-25-24(30-27(21)22)13-15-29-26(25)18(3)19-8-5-4-6-9-19/h4-18H,1-3H3/i17D,18D. The highest BCUT2D eigenvalue weighted by molar-refractivity contribution is 6.10. The number of para-hydroxylation sites is 1. The summed E-state index contributed by atoms with van der Waals surface area (Å²) in [4.78, 5) is 9.20. The van der Waals surface area contributed by atoms with Gasteiger partial charge in [0.25, 0.3) is 0 Å². The Bertz CT molecular complexity index is 1430. The number of hydrogen-bond donors (Lipinski definition) is 0. The molecule has 0 radical (unpaired) electrons.